The minimum Gasteiger partial charge on any atom is -0.368 e. The van der Waals surface area contributed by atoms with Crippen molar-refractivity contribution in [3.8, 4) is 5.13 Å². The van der Waals surface area contributed by atoms with Crippen LogP contribution in [0.5, 0.6) is 0 Å². The van der Waals surface area contributed by atoms with Crippen molar-refractivity contribution in [3.63, 3.8) is 0 Å². The summed E-state index contributed by atoms with van der Waals surface area (Å²) in [6, 6.07) is 15.9. The van der Waals surface area contributed by atoms with Crippen molar-refractivity contribution in [2.24, 2.45) is 0 Å². The number of nitrogens with two attached hydrogens (primary N) is 1. The number of H-pyrrole nitrogens is 1. The SMILES string of the molecule is Nc1nc(Nc2ccc3[nH]ccc3c2)nn1-c1nc2ccccc2s1. The van der Waals surface area contributed by atoms with Crippen LogP contribution in [0.3, 0.4) is 0 Å². The molecule has 0 aliphatic heterocycles. The number of aromatic amines is 1. The summed E-state index contributed by atoms with van der Waals surface area (Å²) in [7, 11) is 0. The molecule has 0 aliphatic rings. The summed E-state index contributed by atoms with van der Waals surface area (Å²) in [5, 5.41) is 9.45. The highest BCUT2D eigenvalue weighted by atomic mass is 32.1. The van der Waals surface area contributed by atoms with Crippen LogP contribution in [0.2, 0.25) is 0 Å². The van der Waals surface area contributed by atoms with Gasteiger partial charge in [0.1, 0.15) is 0 Å². The summed E-state index contributed by atoms with van der Waals surface area (Å²) in [5.41, 5.74) is 8.93. The minimum atomic E-state index is 0.296. The van der Waals surface area contributed by atoms with E-state index in [1.165, 1.54) is 11.3 Å². The number of nitrogens with zero attached hydrogens (tertiary/aromatic N) is 4. The van der Waals surface area contributed by atoms with E-state index in [0.717, 1.165) is 26.8 Å². The second-order valence-electron chi connectivity index (χ2n) is 5.57. The van der Waals surface area contributed by atoms with E-state index >= 15 is 0 Å². The molecule has 4 N–H and O–H groups in total. The third-order valence-corrected chi connectivity index (χ3v) is 4.92. The zero-order valence-corrected chi connectivity index (χ0v) is 13.8. The molecular weight excluding hydrogens is 334 g/mol. The van der Waals surface area contributed by atoms with Crippen LogP contribution >= 0.6 is 11.3 Å². The first kappa shape index (κ1) is 14.0. The van der Waals surface area contributed by atoms with E-state index in [1.807, 2.05) is 54.7 Å². The second kappa shape index (κ2) is 5.32. The average Bonchev–Trinajstić information content (AvgIpc) is 3.31. The number of aromatic nitrogens is 5. The monoisotopic (exact) mass is 347 g/mol. The number of benzene rings is 2. The fraction of sp³-hybridized carbons (Fsp3) is 0. The number of anilines is 3. The van der Waals surface area contributed by atoms with Crippen LogP contribution in [0.4, 0.5) is 17.6 Å². The quantitative estimate of drug-likeness (QED) is 0.462. The Morgan fingerprint density at radius 2 is 2.00 bits per heavy atom. The molecular formula is C17H13N7S. The van der Waals surface area contributed by atoms with Gasteiger partial charge >= 0.3 is 0 Å². The Hall–Kier alpha value is -3.39. The predicted molar refractivity (Wildman–Crippen MR) is 101 cm³/mol. The lowest BCUT2D eigenvalue weighted by molar-refractivity contribution is 0.886. The third-order valence-electron chi connectivity index (χ3n) is 3.91. The number of hydrogen-bond acceptors (Lipinski definition) is 6. The van der Waals surface area contributed by atoms with Crippen LogP contribution < -0.4 is 11.1 Å². The summed E-state index contributed by atoms with van der Waals surface area (Å²) in [6.45, 7) is 0. The van der Waals surface area contributed by atoms with Crippen molar-refractivity contribution in [2.75, 3.05) is 11.1 Å². The molecule has 0 bridgehead atoms. The van der Waals surface area contributed by atoms with Gasteiger partial charge in [-0.15, -0.1) is 5.10 Å². The van der Waals surface area contributed by atoms with Crippen LogP contribution in [0.15, 0.2) is 54.7 Å². The summed E-state index contributed by atoms with van der Waals surface area (Å²) >= 11 is 1.52. The van der Waals surface area contributed by atoms with Gasteiger partial charge in [-0.05, 0) is 36.4 Å². The van der Waals surface area contributed by atoms with E-state index in [9.17, 15) is 0 Å². The van der Waals surface area contributed by atoms with Crippen molar-refractivity contribution in [3.05, 3.63) is 54.7 Å². The Morgan fingerprint density at radius 1 is 1.08 bits per heavy atom. The molecule has 0 fully saturated rings. The Bertz CT molecular complexity index is 1170. The number of thiazole rings is 1. The minimum absolute atomic E-state index is 0.296. The molecule has 0 amide bonds. The fourth-order valence-electron chi connectivity index (χ4n) is 2.73. The Kier molecular flexibility index (Phi) is 2.98. The van der Waals surface area contributed by atoms with Crippen LogP contribution in [-0.2, 0) is 0 Å². The Morgan fingerprint density at radius 3 is 2.92 bits per heavy atom. The molecule has 0 saturated carbocycles. The smallest absolute Gasteiger partial charge is 0.248 e. The zero-order chi connectivity index (χ0) is 16.8. The number of para-hydroxylation sites is 1. The molecule has 3 heterocycles. The Balaban J connectivity index is 1.50. The van der Waals surface area contributed by atoms with Crippen LogP contribution in [0.25, 0.3) is 26.3 Å². The maximum absolute atomic E-state index is 6.03. The van der Waals surface area contributed by atoms with Gasteiger partial charge < -0.3 is 16.0 Å². The lowest BCUT2D eigenvalue weighted by atomic mass is 10.2. The van der Waals surface area contributed by atoms with Crippen molar-refractivity contribution < 1.29 is 0 Å². The second-order valence-corrected chi connectivity index (χ2v) is 6.58. The standard InChI is InChI=1S/C17H13N7S/c18-15-22-16(20-11-5-6-12-10(9-11)7-8-19-12)23-24(15)17-21-13-3-1-2-4-14(13)25-17/h1-9,19H,(H3,18,20,22,23). The third kappa shape index (κ3) is 2.39. The fourth-order valence-corrected chi connectivity index (χ4v) is 3.66. The molecule has 7 nitrogen and oxygen atoms in total. The maximum Gasteiger partial charge on any atom is 0.248 e. The van der Waals surface area contributed by atoms with E-state index < -0.39 is 0 Å². The first-order chi connectivity index (χ1) is 12.3. The van der Waals surface area contributed by atoms with Gasteiger partial charge in [0.05, 0.1) is 10.2 Å². The first-order valence-electron chi connectivity index (χ1n) is 7.69. The van der Waals surface area contributed by atoms with E-state index in [0.29, 0.717) is 17.0 Å². The molecule has 0 unspecified atom stereocenters. The predicted octanol–water partition coefficient (Wildman–Crippen LogP) is 3.68. The number of hydrogen-bond donors (Lipinski definition) is 3. The molecule has 2 aromatic carbocycles. The largest absolute Gasteiger partial charge is 0.368 e. The molecule has 5 rings (SSSR count). The molecule has 122 valence electrons. The van der Waals surface area contributed by atoms with Crippen LogP contribution in [0, 0.1) is 0 Å². The lowest BCUT2D eigenvalue weighted by Gasteiger charge is -2.01. The van der Waals surface area contributed by atoms with Gasteiger partial charge in [-0.2, -0.15) is 9.67 Å². The highest BCUT2D eigenvalue weighted by Gasteiger charge is 2.13. The topological polar surface area (TPSA) is 97.4 Å². The highest BCUT2D eigenvalue weighted by Crippen LogP contribution is 2.26. The molecule has 3 aromatic heterocycles. The Labute approximate surface area is 146 Å². The van der Waals surface area contributed by atoms with E-state index in [-0.39, 0.29) is 0 Å². The van der Waals surface area contributed by atoms with Gasteiger partial charge in [0.25, 0.3) is 0 Å². The molecule has 0 spiro atoms. The molecule has 25 heavy (non-hydrogen) atoms. The molecule has 0 saturated heterocycles. The maximum atomic E-state index is 6.03. The van der Waals surface area contributed by atoms with E-state index in [2.05, 4.69) is 25.4 Å². The molecule has 8 heteroatoms. The van der Waals surface area contributed by atoms with Gasteiger partial charge in [-0.1, -0.05) is 23.5 Å². The van der Waals surface area contributed by atoms with E-state index in [4.69, 9.17) is 5.73 Å². The number of nitrogen functional groups attached to an aromatic ring is 1. The van der Waals surface area contributed by atoms with Crippen molar-refractivity contribution in [1.29, 1.82) is 0 Å². The number of fused-ring (bicyclic) bond motifs is 2. The van der Waals surface area contributed by atoms with Gasteiger partial charge in [0.2, 0.25) is 17.0 Å². The summed E-state index contributed by atoms with van der Waals surface area (Å²) in [6.07, 6.45) is 1.91. The molecule has 0 atom stereocenters. The van der Waals surface area contributed by atoms with Crippen LogP contribution in [0.1, 0.15) is 0 Å². The zero-order valence-electron chi connectivity index (χ0n) is 13.0. The number of nitrogens with one attached hydrogen (secondary N) is 2. The summed E-state index contributed by atoms with van der Waals surface area (Å²) in [5.74, 6) is 0.732. The first-order valence-corrected chi connectivity index (χ1v) is 8.50. The molecule has 0 aliphatic carbocycles. The molecule has 0 radical (unpaired) electrons. The summed E-state index contributed by atoms with van der Waals surface area (Å²) < 4.78 is 2.64. The van der Waals surface area contributed by atoms with Crippen molar-refractivity contribution in [1.82, 2.24) is 24.7 Å². The number of rotatable bonds is 3. The van der Waals surface area contributed by atoms with Crippen molar-refractivity contribution in [2.45, 2.75) is 0 Å². The molecule has 5 aromatic rings. The van der Waals surface area contributed by atoms with Gasteiger partial charge in [-0.25, -0.2) is 4.98 Å². The van der Waals surface area contributed by atoms with Gasteiger partial charge in [0, 0.05) is 22.8 Å². The summed E-state index contributed by atoms with van der Waals surface area (Å²) in [4.78, 5) is 12.0. The average molecular weight is 347 g/mol. The van der Waals surface area contributed by atoms with Gasteiger partial charge in [-0.3, -0.25) is 0 Å². The highest BCUT2D eigenvalue weighted by molar-refractivity contribution is 7.20. The normalized spacial score (nSPS) is 11.4. The van der Waals surface area contributed by atoms with Crippen molar-refractivity contribution >= 4 is 50.0 Å². The van der Waals surface area contributed by atoms with Crippen LogP contribution in [-0.4, -0.2) is 24.7 Å². The lowest BCUT2D eigenvalue weighted by Crippen LogP contribution is -2.01. The van der Waals surface area contributed by atoms with Gasteiger partial charge in [0.15, 0.2) is 0 Å². The van der Waals surface area contributed by atoms with E-state index in [1.54, 1.807) is 4.68 Å².